The van der Waals surface area contributed by atoms with Crippen LogP contribution in [0.3, 0.4) is 0 Å². The Balaban J connectivity index is 0.00000140. The minimum Gasteiger partial charge on any atom is -0.337 e. The highest BCUT2D eigenvalue weighted by Crippen LogP contribution is 2.29. The molecular weight excluding hydrogens is 399 g/mol. The van der Waals surface area contributed by atoms with Gasteiger partial charge in [-0.05, 0) is 49.6 Å². The van der Waals surface area contributed by atoms with Crippen LogP contribution < -0.4 is 5.73 Å². The maximum Gasteiger partial charge on any atom is 0.276 e. The average molecular weight is 423 g/mol. The van der Waals surface area contributed by atoms with Crippen molar-refractivity contribution >= 4 is 41.6 Å². The van der Waals surface area contributed by atoms with Crippen molar-refractivity contribution in [3.8, 4) is 5.69 Å². The van der Waals surface area contributed by atoms with Crippen LogP contribution in [0.5, 0.6) is 0 Å². The zero-order chi connectivity index (χ0) is 18.3. The molecule has 1 fully saturated rings. The minimum absolute atomic E-state index is 0. The summed E-state index contributed by atoms with van der Waals surface area (Å²) in [4.78, 5) is 19.0. The van der Waals surface area contributed by atoms with Crippen LogP contribution in [-0.4, -0.2) is 50.4 Å². The first-order valence-corrected chi connectivity index (χ1v) is 8.78. The third-order valence-corrected chi connectivity index (χ3v) is 5.27. The predicted molar refractivity (Wildman–Crippen MR) is 114 cm³/mol. The van der Waals surface area contributed by atoms with Crippen LogP contribution in [-0.2, 0) is 0 Å². The largest absolute Gasteiger partial charge is 0.337 e. The van der Waals surface area contributed by atoms with E-state index in [1.807, 2.05) is 42.2 Å². The molecule has 7 nitrogen and oxygen atoms in total. The van der Waals surface area contributed by atoms with Crippen molar-refractivity contribution in [1.82, 2.24) is 24.9 Å². The molecule has 9 heteroatoms. The van der Waals surface area contributed by atoms with Crippen LogP contribution in [0.25, 0.3) is 16.6 Å². The number of aromatic nitrogens is 4. The van der Waals surface area contributed by atoms with Crippen molar-refractivity contribution in [1.29, 1.82) is 0 Å². The normalized spacial score (nSPS) is 18.6. The molecule has 2 aromatic heterocycles. The van der Waals surface area contributed by atoms with E-state index in [9.17, 15) is 4.79 Å². The maximum atomic E-state index is 12.9. The summed E-state index contributed by atoms with van der Waals surface area (Å²) in [7, 11) is 0. The Morgan fingerprint density at radius 1 is 1.29 bits per heavy atom. The van der Waals surface area contributed by atoms with Gasteiger partial charge in [0.2, 0.25) is 0 Å². The zero-order valence-electron chi connectivity index (χ0n) is 15.8. The Kier molecular flexibility index (Phi) is 6.64. The third kappa shape index (κ3) is 3.83. The molecule has 1 aliphatic rings. The summed E-state index contributed by atoms with van der Waals surface area (Å²) in [6, 6.07) is 9.78. The van der Waals surface area contributed by atoms with Crippen molar-refractivity contribution in [3.05, 3.63) is 47.9 Å². The van der Waals surface area contributed by atoms with E-state index in [0.29, 0.717) is 25.3 Å². The van der Waals surface area contributed by atoms with E-state index >= 15 is 0 Å². The molecule has 0 radical (unpaired) electrons. The second-order valence-corrected chi connectivity index (χ2v) is 7.31. The van der Waals surface area contributed by atoms with Gasteiger partial charge in [0.15, 0.2) is 5.69 Å². The Labute approximate surface area is 176 Å². The van der Waals surface area contributed by atoms with Crippen LogP contribution in [0.4, 0.5) is 0 Å². The Hall–Kier alpha value is -2.22. The number of pyridine rings is 1. The molecule has 1 amide bonds. The number of halogens is 2. The molecule has 0 saturated carbocycles. The summed E-state index contributed by atoms with van der Waals surface area (Å²) in [5.41, 5.74) is 8.76. The fraction of sp³-hybridized carbons (Fsp3) is 0.368. The highest BCUT2D eigenvalue weighted by atomic mass is 35.5. The molecule has 1 aliphatic heterocycles. The Morgan fingerprint density at radius 2 is 2.07 bits per heavy atom. The van der Waals surface area contributed by atoms with E-state index in [4.69, 9.17) is 5.73 Å². The number of fused-ring (bicyclic) bond motifs is 1. The van der Waals surface area contributed by atoms with Gasteiger partial charge in [-0.1, -0.05) is 18.2 Å². The summed E-state index contributed by atoms with van der Waals surface area (Å²) in [6.07, 6.45) is 2.69. The van der Waals surface area contributed by atoms with Crippen LogP contribution >= 0.6 is 24.8 Å². The van der Waals surface area contributed by atoms with E-state index in [-0.39, 0.29) is 36.1 Å². The molecule has 1 unspecified atom stereocenters. The van der Waals surface area contributed by atoms with E-state index < -0.39 is 0 Å². The fourth-order valence-corrected chi connectivity index (χ4v) is 3.48. The van der Waals surface area contributed by atoms with Gasteiger partial charge >= 0.3 is 0 Å². The molecule has 0 aliphatic carbocycles. The molecule has 0 bridgehead atoms. The van der Waals surface area contributed by atoms with E-state index in [2.05, 4.69) is 22.2 Å². The summed E-state index contributed by atoms with van der Waals surface area (Å²) < 4.78 is 1.71. The molecule has 3 heterocycles. The molecule has 2 N–H and O–H groups in total. The monoisotopic (exact) mass is 422 g/mol. The first-order valence-electron chi connectivity index (χ1n) is 8.78. The molecule has 28 heavy (non-hydrogen) atoms. The fourth-order valence-electron chi connectivity index (χ4n) is 3.48. The van der Waals surface area contributed by atoms with Crippen molar-refractivity contribution in [2.75, 3.05) is 19.6 Å². The standard InChI is InChI=1S/C19H22N6O.2ClH/c1-13-17(18(26)24-9-7-19(2,11-20)12-24)22-23-25(13)15-5-6-16-14(10-15)4-3-8-21-16;;/h3-6,8,10H,7,9,11-12,20H2,1-2H3;2*1H. The van der Waals surface area contributed by atoms with Gasteiger partial charge in [0.25, 0.3) is 5.91 Å². The molecule has 1 saturated heterocycles. The number of hydrogen-bond acceptors (Lipinski definition) is 5. The number of hydrogen-bond donors (Lipinski definition) is 1. The first kappa shape index (κ1) is 22.1. The summed E-state index contributed by atoms with van der Waals surface area (Å²) in [6.45, 7) is 5.94. The first-order chi connectivity index (χ1) is 12.5. The van der Waals surface area contributed by atoms with Gasteiger partial charge in [0.05, 0.1) is 16.9 Å². The smallest absolute Gasteiger partial charge is 0.276 e. The SMILES string of the molecule is Cc1c(C(=O)N2CCC(C)(CN)C2)nnn1-c1ccc2ncccc2c1.Cl.Cl. The lowest BCUT2D eigenvalue weighted by molar-refractivity contribution is 0.0770. The van der Waals surface area contributed by atoms with Gasteiger partial charge in [-0.2, -0.15) is 0 Å². The second-order valence-electron chi connectivity index (χ2n) is 7.31. The summed E-state index contributed by atoms with van der Waals surface area (Å²) >= 11 is 0. The van der Waals surface area contributed by atoms with Gasteiger partial charge in [0, 0.05) is 24.7 Å². The number of amides is 1. The van der Waals surface area contributed by atoms with Gasteiger partial charge in [0.1, 0.15) is 0 Å². The van der Waals surface area contributed by atoms with Crippen LogP contribution in [0.15, 0.2) is 36.5 Å². The third-order valence-electron chi connectivity index (χ3n) is 5.27. The van der Waals surface area contributed by atoms with Gasteiger partial charge in [-0.15, -0.1) is 29.9 Å². The molecular formula is C19H24Cl2N6O. The van der Waals surface area contributed by atoms with E-state index in [1.165, 1.54) is 0 Å². The second kappa shape index (κ2) is 8.43. The van der Waals surface area contributed by atoms with E-state index in [1.54, 1.807) is 10.9 Å². The van der Waals surface area contributed by atoms with Gasteiger partial charge in [-0.25, -0.2) is 4.68 Å². The number of likely N-dealkylation sites (tertiary alicyclic amines) is 1. The predicted octanol–water partition coefficient (Wildman–Crippen LogP) is 2.78. The van der Waals surface area contributed by atoms with Crippen molar-refractivity contribution < 1.29 is 4.79 Å². The van der Waals surface area contributed by atoms with Crippen LogP contribution in [0, 0.1) is 12.3 Å². The number of nitrogens with zero attached hydrogens (tertiary/aromatic N) is 5. The molecule has 1 atom stereocenters. The number of benzene rings is 1. The Bertz CT molecular complexity index is 991. The number of rotatable bonds is 3. The van der Waals surface area contributed by atoms with E-state index in [0.717, 1.165) is 28.7 Å². The summed E-state index contributed by atoms with van der Waals surface area (Å²) in [5.74, 6) is -0.0756. The Morgan fingerprint density at radius 3 is 2.79 bits per heavy atom. The zero-order valence-corrected chi connectivity index (χ0v) is 17.5. The lowest BCUT2D eigenvalue weighted by atomic mass is 9.90. The number of carbonyl (C=O) groups is 1. The highest BCUT2D eigenvalue weighted by molar-refractivity contribution is 5.93. The molecule has 4 rings (SSSR count). The maximum absolute atomic E-state index is 12.9. The minimum atomic E-state index is -0.0756. The quantitative estimate of drug-likeness (QED) is 0.700. The lowest BCUT2D eigenvalue weighted by Crippen LogP contribution is -2.35. The van der Waals surface area contributed by atoms with Crippen molar-refractivity contribution in [2.24, 2.45) is 11.1 Å². The topological polar surface area (TPSA) is 89.9 Å². The van der Waals surface area contributed by atoms with Gasteiger partial charge < -0.3 is 10.6 Å². The van der Waals surface area contributed by atoms with Crippen LogP contribution in [0.2, 0.25) is 0 Å². The van der Waals surface area contributed by atoms with Crippen molar-refractivity contribution in [3.63, 3.8) is 0 Å². The highest BCUT2D eigenvalue weighted by Gasteiger charge is 2.36. The molecule has 1 aromatic carbocycles. The molecule has 0 spiro atoms. The van der Waals surface area contributed by atoms with Gasteiger partial charge in [-0.3, -0.25) is 9.78 Å². The van der Waals surface area contributed by atoms with Crippen LogP contribution in [0.1, 0.15) is 29.5 Å². The summed E-state index contributed by atoms with van der Waals surface area (Å²) in [5, 5.41) is 9.40. The number of nitrogens with two attached hydrogens (primary N) is 1. The van der Waals surface area contributed by atoms with Crippen molar-refractivity contribution in [2.45, 2.75) is 20.3 Å². The number of carbonyl (C=O) groups excluding carboxylic acids is 1. The molecule has 3 aromatic rings. The average Bonchev–Trinajstić information content (AvgIpc) is 3.25. The lowest BCUT2D eigenvalue weighted by Gasteiger charge is -2.22. The molecule has 150 valence electrons.